The number of nitriles is 1. The van der Waals surface area contributed by atoms with E-state index in [9.17, 15) is 9.18 Å². The highest BCUT2D eigenvalue weighted by Crippen LogP contribution is 2.23. The van der Waals surface area contributed by atoms with Gasteiger partial charge in [-0.05, 0) is 28.1 Å². The third-order valence-electron chi connectivity index (χ3n) is 1.40. The van der Waals surface area contributed by atoms with Crippen molar-refractivity contribution in [2.45, 2.75) is 0 Å². The molecular weight excluding hydrogens is 239 g/mol. The van der Waals surface area contributed by atoms with E-state index in [4.69, 9.17) is 5.26 Å². The number of benzene rings is 1. The molecule has 0 heterocycles. The van der Waals surface area contributed by atoms with Crippen molar-refractivity contribution in [1.29, 1.82) is 5.26 Å². The molecule has 3 nitrogen and oxygen atoms in total. The molecule has 0 aliphatic carbocycles. The number of nitrogens with one attached hydrogen (secondary N) is 1. The summed E-state index contributed by atoms with van der Waals surface area (Å²) in [5.41, 5.74) is 0.374. The number of anilines is 1. The summed E-state index contributed by atoms with van der Waals surface area (Å²) in [5.74, 6) is -0.525. The van der Waals surface area contributed by atoms with Crippen molar-refractivity contribution in [3.8, 4) is 6.07 Å². The van der Waals surface area contributed by atoms with Crippen molar-refractivity contribution in [2.24, 2.45) is 0 Å². The maximum Gasteiger partial charge on any atom is 0.211 e. The minimum absolute atomic E-state index is 0.165. The summed E-state index contributed by atoms with van der Waals surface area (Å²) in [6.45, 7) is 0. The van der Waals surface area contributed by atoms with Gasteiger partial charge >= 0.3 is 0 Å². The molecule has 0 saturated heterocycles. The molecule has 66 valence electrons. The van der Waals surface area contributed by atoms with Crippen LogP contribution in [0.3, 0.4) is 0 Å². The minimum atomic E-state index is -0.525. The predicted molar refractivity (Wildman–Crippen MR) is 48.5 cm³/mol. The van der Waals surface area contributed by atoms with Crippen LogP contribution >= 0.6 is 15.9 Å². The lowest BCUT2D eigenvalue weighted by Gasteiger charge is -2.02. The molecule has 1 aromatic rings. The number of amides is 1. The van der Waals surface area contributed by atoms with Crippen LogP contribution in [0.5, 0.6) is 0 Å². The first-order chi connectivity index (χ1) is 6.19. The van der Waals surface area contributed by atoms with Crippen LogP contribution in [-0.4, -0.2) is 6.41 Å². The Morgan fingerprint density at radius 1 is 1.62 bits per heavy atom. The fourth-order valence-electron chi connectivity index (χ4n) is 0.822. The number of hydrogen-bond acceptors (Lipinski definition) is 2. The van der Waals surface area contributed by atoms with Crippen LogP contribution in [0, 0.1) is 17.1 Å². The zero-order valence-corrected chi connectivity index (χ0v) is 7.93. The molecule has 1 amide bonds. The molecule has 0 spiro atoms. The lowest BCUT2D eigenvalue weighted by molar-refractivity contribution is -0.105. The van der Waals surface area contributed by atoms with E-state index in [0.29, 0.717) is 6.41 Å². The van der Waals surface area contributed by atoms with Gasteiger partial charge in [0, 0.05) is 0 Å². The molecule has 5 heteroatoms. The van der Waals surface area contributed by atoms with E-state index in [1.54, 1.807) is 0 Å². The van der Waals surface area contributed by atoms with Gasteiger partial charge in [-0.25, -0.2) is 4.39 Å². The maximum atomic E-state index is 12.9. The molecule has 1 rings (SSSR count). The van der Waals surface area contributed by atoms with E-state index in [0.717, 1.165) is 6.07 Å². The number of rotatable bonds is 2. The summed E-state index contributed by atoms with van der Waals surface area (Å²) in [6.07, 6.45) is 0.392. The number of halogens is 2. The third-order valence-corrected chi connectivity index (χ3v) is 2.00. The molecular formula is C8H4BrFN2O. The lowest BCUT2D eigenvalue weighted by atomic mass is 10.2. The van der Waals surface area contributed by atoms with E-state index >= 15 is 0 Å². The molecule has 0 aliphatic heterocycles. The van der Waals surface area contributed by atoms with Crippen molar-refractivity contribution in [3.05, 3.63) is 28.0 Å². The molecule has 0 unspecified atom stereocenters. The van der Waals surface area contributed by atoms with Crippen molar-refractivity contribution < 1.29 is 9.18 Å². The van der Waals surface area contributed by atoms with Crippen LogP contribution in [0.1, 0.15) is 5.56 Å². The van der Waals surface area contributed by atoms with Gasteiger partial charge in [0.25, 0.3) is 0 Å². The second-order valence-corrected chi connectivity index (χ2v) is 3.04. The number of carbonyl (C=O) groups excluding carboxylic acids is 1. The molecule has 0 atom stereocenters. The van der Waals surface area contributed by atoms with E-state index in [1.165, 1.54) is 6.07 Å². The fraction of sp³-hybridized carbons (Fsp3) is 0. The average molecular weight is 243 g/mol. The topological polar surface area (TPSA) is 52.9 Å². The highest BCUT2D eigenvalue weighted by molar-refractivity contribution is 9.10. The molecule has 0 bridgehead atoms. The predicted octanol–water partition coefficient (Wildman–Crippen LogP) is 2.03. The van der Waals surface area contributed by atoms with Gasteiger partial charge in [-0.15, -0.1) is 0 Å². The largest absolute Gasteiger partial charge is 0.327 e. The van der Waals surface area contributed by atoms with Crippen molar-refractivity contribution >= 4 is 28.0 Å². The molecule has 13 heavy (non-hydrogen) atoms. The quantitative estimate of drug-likeness (QED) is 0.808. The summed E-state index contributed by atoms with van der Waals surface area (Å²) < 4.78 is 13.1. The van der Waals surface area contributed by atoms with Crippen molar-refractivity contribution in [3.63, 3.8) is 0 Å². The monoisotopic (exact) mass is 242 g/mol. The van der Waals surface area contributed by atoms with Gasteiger partial charge in [-0.1, -0.05) is 0 Å². The van der Waals surface area contributed by atoms with E-state index < -0.39 is 5.82 Å². The second-order valence-electron chi connectivity index (χ2n) is 2.19. The van der Waals surface area contributed by atoms with Gasteiger partial charge in [0.1, 0.15) is 11.9 Å². The molecule has 1 N–H and O–H groups in total. The Morgan fingerprint density at radius 2 is 2.31 bits per heavy atom. The second kappa shape index (κ2) is 4.01. The first-order valence-corrected chi connectivity index (χ1v) is 4.07. The summed E-state index contributed by atoms with van der Waals surface area (Å²) in [7, 11) is 0. The first-order valence-electron chi connectivity index (χ1n) is 3.28. The van der Waals surface area contributed by atoms with E-state index in [2.05, 4.69) is 21.2 Å². The smallest absolute Gasteiger partial charge is 0.211 e. The Hall–Kier alpha value is -1.41. The van der Waals surface area contributed by atoms with Gasteiger partial charge in [0.15, 0.2) is 0 Å². The number of nitrogens with zero attached hydrogens (tertiary/aromatic N) is 1. The molecule has 0 aliphatic rings. The van der Waals surface area contributed by atoms with Crippen molar-refractivity contribution in [1.82, 2.24) is 0 Å². The van der Waals surface area contributed by atoms with Crippen LogP contribution in [-0.2, 0) is 4.79 Å². The molecule has 0 radical (unpaired) electrons. The zero-order chi connectivity index (χ0) is 9.84. The molecule has 0 fully saturated rings. The number of hydrogen-bond donors (Lipinski definition) is 1. The Bertz CT molecular complexity index is 386. The zero-order valence-electron chi connectivity index (χ0n) is 6.34. The van der Waals surface area contributed by atoms with Crippen LogP contribution in [0.2, 0.25) is 0 Å². The van der Waals surface area contributed by atoms with Gasteiger partial charge in [-0.2, -0.15) is 5.26 Å². The third kappa shape index (κ3) is 2.04. The fourth-order valence-corrected chi connectivity index (χ4v) is 1.17. The molecule has 0 aromatic heterocycles. The molecule has 1 aromatic carbocycles. The van der Waals surface area contributed by atoms with Gasteiger partial charge < -0.3 is 5.32 Å². The highest BCUT2D eigenvalue weighted by Gasteiger charge is 2.06. The van der Waals surface area contributed by atoms with Crippen molar-refractivity contribution in [2.75, 3.05) is 5.32 Å². The Balaban J connectivity index is 3.26. The molecule has 0 saturated carbocycles. The van der Waals surface area contributed by atoms with E-state index in [1.807, 2.05) is 6.07 Å². The highest BCUT2D eigenvalue weighted by atomic mass is 79.9. The SMILES string of the molecule is N#Cc1cc(Br)c(F)cc1NC=O. The lowest BCUT2D eigenvalue weighted by Crippen LogP contribution is -1.97. The minimum Gasteiger partial charge on any atom is -0.327 e. The van der Waals surface area contributed by atoms with Crippen LogP contribution in [0.15, 0.2) is 16.6 Å². The van der Waals surface area contributed by atoms with Crippen LogP contribution in [0.4, 0.5) is 10.1 Å². The van der Waals surface area contributed by atoms with E-state index in [-0.39, 0.29) is 15.7 Å². The maximum absolute atomic E-state index is 12.9. The summed E-state index contributed by atoms with van der Waals surface area (Å²) in [6, 6.07) is 4.22. The Labute approximate surface area is 82.3 Å². The summed E-state index contributed by atoms with van der Waals surface area (Å²) in [5, 5.41) is 10.8. The van der Waals surface area contributed by atoms with Gasteiger partial charge in [0.05, 0.1) is 15.7 Å². The summed E-state index contributed by atoms with van der Waals surface area (Å²) in [4.78, 5) is 10.1. The first kappa shape index (κ1) is 9.68. The Kier molecular flexibility index (Phi) is 2.98. The normalized spacial score (nSPS) is 9.00. The Morgan fingerprint density at radius 3 is 2.85 bits per heavy atom. The summed E-state index contributed by atoms with van der Waals surface area (Å²) >= 11 is 2.93. The van der Waals surface area contributed by atoms with Crippen LogP contribution in [0.25, 0.3) is 0 Å². The number of carbonyl (C=O) groups is 1. The standard InChI is InChI=1S/C8H4BrFN2O/c9-6-1-5(3-11)8(12-4-13)2-7(6)10/h1-2,4H,(H,12,13). The van der Waals surface area contributed by atoms with Gasteiger partial charge in [-0.3, -0.25) is 4.79 Å². The average Bonchev–Trinajstić information content (AvgIpc) is 2.11. The van der Waals surface area contributed by atoms with Crippen LogP contribution < -0.4 is 5.32 Å². The van der Waals surface area contributed by atoms with Gasteiger partial charge in [0.2, 0.25) is 6.41 Å².